The standard InChI is InChI=1S/C26H29N3O2.CH2O2/c1-19-10-11-23(26(31)29(4)17-16-28(2)3)18-24(19)27-25(30)22-14-12-21(13-15-22)20-8-6-5-7-9-20;2-1-3/h5-15,18H,16-17H2,1-4H3,(H,27,30);1H,(H,2,3). The van der Waals surface area contributed by atoms with E-state index in [0.29, 0.717) is 23.4 Å². The fraction of sp³-hybridized carbons (Fsp3) is 0.222. The van der Waals surface area contributed by atoms with Gasteiger partial charge in [-0.05, 0) is 62.0 Å². The van der Waals surface area contributed by atoms with Gasteiger partial charge in [-0.3, -0.25) is 14.4 Å². The summed E-state index contributed by atoms with van der Waals surface area (Å²) in [5.41, 5.74) is 4.84. The molecule has 0 bridgehead atoms. The lowest BCUT2D eigenvalue weighted by Crippen LogP contribution is -2.33. The summed E-state index contributed by atoms with van der Waals surface area (Å²) in [5.74, 6) is -0.266. The van der Waals surface area contributed by atoms with Gasteiger partial charge in [0.2, 0.25) is 0 Å². The number of carbonyl (C=O) groups excluding carboxylic acids is 2. The number of aryl methyl sites for hydroxylation is 1. The average Bonchev–Trinajstić information content (AvgIpc) is 2.84. The quantitative estimate of drug-likeness (QED) is 0.514. The molecule has 0 aromatic heterocycles. The third kappa shape index (κ3) is 7.56. The maximum atomic E-state index is 12.8. The van der Waals surface area contributed by atoms with E-state index in [4.69, 9.17) is 9.90 Å². The van der Waals surface area contributed by atoms with Gasteiger partial charge >= 0.3 is 0 Å². The Bertz CT molecular complexity index is 1100. The van der Waals surface area contributed by atoms with Crippen LogP contribution in [0.2, 0.25) is 0 Å². The van der Waals surface area contributed by atoms with Crippen LogP contribution in [0.3, 0.4) is 0 Å². The zero-order chi connectivity index (χ0) is 25.1. The molecule has 178 valence electrons. The molecule has 3 rings (SSSR count). The number of hydrogen-bond acceptors (Lipinski definition) is 4. The van der Waals surface area contributed by atoms with Crippen LogP contribution in [0.1, 0.15) is 26.3 Å². The second kappa shape index (κ2) is 12.9. The van der Waals surface area contributed by atoms with E-state index < -0.39 is 0 Å². The highest BCUT2D eigenvalue weighted by molar-refractivity contribution is 6.05. The highest BCUT2D eigenvalue weighted by atomic mass is 16.3. The minimum atomic E-state index is -0.250. The summed E-state index contributed by atoms with van der Waals surface area (Å²) >= 11 is 0. The van der Waals surface area contributed by atoms with Crippen molar-refractivity contribution in [3.63, 3.8) is 0 Å². The number of carbonyl (C=O) groups is 3. The van der Waals surface area contributed by atoms with Gasteiger partial charge in [-0.15, -0.1) is 0 Å². The summed E-state index contributed by atoms with van der Waals surface area (Å²) < 4.78 is 0. The van der Waals surface area contributed by atoms with Crippen molar-refractivity contribution in [1.82, 2.24) is 9.80 Å². The molecule has 0 unspecified atom stereocenters. The van der Waals surface area contributed by atoms with Crippen LogP contribution in [0, 0.1) is 6.92 Å². The first-order chi connectivity index (χ1) is 16.3. The zero-order valence-electron chi connectivity index (χ0n) is 20.0. The second-order valence-electron chi connectivity index (χ2n) is 8.06. The smallest absolute Gasteiger partial charge is 0.290 e. The van der Waals surface area contributed by atoms with Gasteiger partial charge in [0.15, 0.2) is 0 Å². The number of hydrogen-bond donors (Lipinski definition) is 2. The van der Waals surface area contributed by atoms with E-state index in [9.17, 15) is 9.59 Å². The minimum absolute atomic E-state index is 0.0652. The number of rotatable bonds is 7. The van der Waals surface area contributed by atoms with Crippen LogP contribution >= 0.6 is 0 Å². The molecule has 34 heavy (non-hydrogen) atoms. The number of likely N-dealkylation sites (N-methyl/N-ethyl adjacent to an activating group) is 2. The molecular formula is C27H31N3O4. The number of amides is 2. The Morgan fingerprint density at radius 2 is 1.41 bits per heavy atom. The molecule has 0 saturated carbocycles. The predicted octanol–water partition coefficient (Wildman–Crippen LogP) is 4.25. The van der Waals surface area contributed by atoms with Crippen molar-refractivity contribution in [1.29, 1.82) is 0 Å². The fourth-order valence-electron chi connectivity index (χ4n) is 3.20. The molecule has 3 aromatic carbocycles. The third-order valence-corrected chi connectivity index (χ3v) is 5.22. The summed E-state index contributed by atoms with van der Waals surface area (Å²) in [6.07, 6.45) is 0. The Labute approximate surface area is 200 Å². The fourth-order valence-corrected chi connectivity index (χ4v) is 3.20. The highest BCUT2D eigenvalue weighted by Gasteiger charge is 2.15. The van der Waals surface area contributed by atoms with Crippen molar-refractivity contribution in [2.45, 2.75) is 6.92 Å². The van der Waals surface area contributed by atoms with Crippen molar-refractivity contribution in [2.24, 2.45) is 0 Å². The van der Waals surface area contributed by atoms with E-state index in [1.54, 1.807) is 24.1 Å². The van der Waals surface area contributed by atoms with Crippen LogP contribution in [-0.2, 0) is 4.79 Å². The molecule has 0 radical (unpaired) electrons. The normalized spacial score (nSPS) is 10.1. The van der Waals surface area contributed by atoms with Gasteiger partial charge in [0.1, 0.15) is 0 Å². The zero-order valence-corrected chi connectivity index (χ0v) is 20.0. The topological polar surface area (TPSA) is 90.0 Å². The summed E-state index contributed by atoms with van der Waals surface area (Å²) in [4.78, 5) is 37.6. The van der Waals surface area contributed by atoms with Crippen LogP contribution in [-0.4, -0.2) is 67.4 Å². The summed E-state index contributed by atoms with van der Waals surface area (Å²) in [5, 5.41) is 9.84. The van der Waals surface area contributed by atoms with Crippen LogP contribution in [0.25, 0.3) is 11.1 Å². The van der Waals surface area contributed by atoms with Crippen molar-refractivity contribution in [2.75, 3.05) is 39.5 Å². The lowest BCUT2D eigenvalue weighted by atomic mass is 10.0. The van der Waals surface area contributed by atoms with E-state index in [1.165, 1.54) is 0 Å². The van der Waals surface area contributed by atoms with Gasteiger partial charge in [-0.2, -0.15) is 0 Å². The summed E-state index contributed by atoms with van der Waals surface area (Å²) in [7, 11) is 5.74. The van der Waals surface area contributed by atoms with Gasteiger partial charge in [0, 0.05) is 37.0 Å². The highest BCUT2D eigenvalue weighted by Crippen LogP contribution is 2.22. The monoisotopic (exact) mass is 461 g/mol. The third-order valence-electron chi connectivity index (χ3n) is 5.22. The summed E-state index contributed by atoms with van der Waals surface area (Å²) in [6, 6.07) is 23.0. The Morgan fingerprint density at radius 1 is 0.853 bits per heavy atom. The maximum absolute atomic E-state index is 12.8. The van der Waals surface area contributed by atoms with E-state index in [1.807, 2.05) is 86.6 Å². The van der Waals surface area contributed by atoms with Crippen LogP contribution in [0.4, 0.5) is 5.69 Å². The van der Waals surface area contributed by atoms with Gasteiger partial charge in [-0.25, -0.2) is 0 Å². The molecular weight excluding hydrogens is 430 g/mol. The number of benzene rings is 3. The lowest BCUT2D eigenvalue weighted by molar-refractivity contribution is -0.122. The van der Waals surface area contributed by atoms with Gasteiger partial charge in [-0.1, -0.05) is 48.5 Å². The first-order valence-corrected chi connectivity index (χ1v) is 10.8. The minimum Gasteiger partial charge on any atom is -0.483 e. The molecule has 0 aliphatic heterocycles. The molecule has 2 amide bonds. The van der Waals surface area contributed by atoms with E-state index >= 15 is 0 Å². The number of nitrogens with zero attached hydrogens (tertiary/aromatic N) is 2. The molecule has 2 N–H and O–H groups in total. The van der Waals surface area contributed by atoms with E-state index in [0.717, 1.165) is 23.2 Å². The van der Waals surface area contributed by atoms with Gasteiger partial charge in [0.05, 0.1) is 0 Å². The van der Waals surface area contributed by atoms with Crippen molar-refractivity contribution < 1.29 is 19.5 Å². The second-order valence-corrected chi connectivity index (χ2v) is 8.06. The van der Waals surface area contributed by atoms with Crippen molar-refractivity contribution in [3.8, 4) is 11.1 Å². The Hall–Kier alpha value is -3.97. The maximum Gasteiger partial charge on any atom is 0.290 e. The molecule has 0 saturated heterocycles. The Kier molecular flexibility index (Phi) is 9.98. The molecule has 0 heterocycles. The first kappa shape index (κ1) is 26.3. The van der Waals surface area contributed by atoms with Gasteiger partial charge < -0.3 is 20.2 Å². The van der Waals surface area contributed by atoms with E-state index in [2.05, 4.69) is 5.32 Å². The molecule has 0 atom stereocenters. The lowest BCUT2D eigenvalue weighted by Gasteiger charge is -2.20. The molecule has 0 spiro atoms. The molecule has 0 fully saturated rings. The van der Waals surface area contributed by atoms with E-state index in [-0.39, 0.29) is 18.3 Å². The largest absolute Gasteiger partial charge is 0.483 e. The molecule has 7 heteroatoms. The summed E-state index contributed by atoms with van der Waals surface area (Å²) in [6.45, 7) is 3.09. The van der Waals surface area contributed by atoms with Crippen molar-refractivity contribution in [3.05, 3.63) is 89.5 Å². The molecule has 3 aromatic rings. The predicted molar refractivity (Wildman–Crippen MR) is 135 cm³/mol. The Balaban J connectivity index is 0.00000129. The first-order valence-electron chi connectivity index (χ1n) is 10.8. The number of anilines is 1. The molecule has 0 aliphatic rings. The van der Waals surface area contributed by atoms with Crippen LogP contribution in [0.15, 0.2) is 72.8 Å². The molecule has 7 nitrogen and oxygen atoms in total. The number of carboxylic acid groups (broad SMARTS) is 1. The average molecular weight is 462 g/mol. The van der Waals surface area contributed by atoms with Gasteiger partial charge in [0.25, 0.3) is 18.3 Å². The van der Waals surface area contributed by atoms with Crippen molar-refractivity contribution >= 4 is 24.0 Å². The Morgan fingerprint density at radius 3 is 2.00 bits per heavy atom. The van der Waals surface area contributed by atoms with Crippen LogP contribution in [0.5, 0.6) is 0 Å². The SMILES string of the molecule is Cc1ccc(C(=O)N(C)CCN(C)C)cc1NC(=O)c1ccc(-c2ccccc2)cc1.O=CO. The number of nitrogens with one attached hydrogen (secondary N) is 1. The molecule has 0 aliphatic carbocycles. The van der Waals surface area contributed by atoms with Crippen LogP contribution < -0.4 is 5.32 Å².